The zero-order valence-electron chi connectivity index (χ0n) is 13.4. The lowest BCUT2D eigenvalue weighted by Crippen LogP contribution is -2.37. The van der Waals surface area contributed by atoms with Gasteiger partial charge in [-0.05, 0) is 36.7 Å². The number of carbonyl (C=O) groups excluding carboxylic acids is 1. The minimum absolute atomic E-state index is 0. The summed E-state index contributed by atoms with van der Waals surface area (Å²) in [7, 11) is 0. The Morgan fingerprint density at radius 2 is 1.88 bits per heavy atom. The average molecular weight is 371 g/mol. The van der Waals surface area contributed by atoms with Crippen LogP contribution in [0.3, 0.4) is 0 Å². The van der Waals surface area contributed by atoms with E-state index in [1.165, 1.54) is 0 Å². The number of hydrogen-bond donors (Lipinski definition) is 2. The number of anilines is 1. The smallest absolute Gasteiger partial charge is 0.239 e. The Kier molecular flexibility index (Phi) is 11.6. The molecule has 1 amide bonds. The van der Waals surface area contributed by atoms with E-state index >= 15 is 0 Å². The quantitative estimate of drug-likeness (QED) is 0.699. The molecule has 1 aromatic heterocycles. The van der Waals surface area contributed by atoms with Gasteiger partial charge < -0.3 is 16.0 Å². The third kappa shape index (κ3) is 7.64. The minimum Gasteiger partial charge on any atom is -0.358 e. The van der Waals surface area contributed by atoms with E-state index in [1.807, 2.05) is 53.6 Å². The zero-order valence-corrected chi connectivity index (χ0v) is 15.1. The molecule has 1 aromatic carbocycles. The van der Waals surface area contributed by atoms with E-state index in [1.54, 1.807) is 6.20 Å². The second-order valence-electron chi connectivity index (χ2n) is 5.05. The second kappa shape index (κ2) is 12.6. The van der Waals surface area contributed by atoms with Crippen LogP contribution < -0.4 is 16.0 Å². The maximum absolute atomic E-state index is 12.1. The molecule has 0 atom stereocenters. The van der Waals surface area contributed by atoms with Crippen molar-refractivity contribution in [2.24, 2.45) is 5.73 Å². The first-order valence-electron chi connectivity index (χ1n) is 7.45. The highest BCUT2D eigenvalue weighted by Crippen LogP contribution is 2.16. The molecule has 0 spiro atoms. The summed E-state index contributed by atoms with van der Waals surface area (Å²) in [6.07, 6.45) is 4.36. The van der Waals surface area contributed by atoms with Gasteiger partial charge in [0.25, 0.3) is 0 Å². The number of pyridine rings is 1. The summed E-state index contributed by atoms with van der Waals surface area (Å²) >= 11 is 0. The van der Waals surface area contributed by atoms with E-state index in [2.05, 4.69) is 10.3 Å². The number of aromatic nitrogens is 1. The van der Waals surface area contributed by atoms with Crippen molar-refractivity contribution in [1.29, 1.82) is 0 Å². The predicted octanol–water partition coefficient (Wildman–Crippen LogP) is 2.40. The lowest BCUT2D eigenvalue weighted by Gasteiger charge is -2.24. The lowest BCUT2D eigenvalue weighted by molar-refractivity contribution is -0.119. The van der Waals surface area contributed by atoms with Gasteiger partial charge in [0.2, 0.25) is 5.91 Å². The fraction of sp³-hybridized carbons (Fsp3) is 0.294. The van der Waals surface area contributed by atoms with E-state index in [4.69, 9.17) is 5.73 Å². The molecule has 132 valence electrons. The Balaban J connectivity index is 0.00000264. The molecule has 5 nitrogen and oxygen atoms in total. The highest BCUT2D eigenvalue weighted by atomic mass is 35.5. The van der Waals surface area contributed by atoms with E-state index < -0.39 is 0 Å². The molecule has 1 heterocycles. The number of halogens is 2. The van der Waals surface area contributed by atoms with Gasteiger partial charge >= 0.3 is 0 Å². The van der Waals surface area contributed by atoms with Crippen molar-refractivity contribution in [1.82, 2.24) is 10.3 Å². The number of benzene rings is 1. The Morgan fingerprint density at radius 3 is 2.50 bits per heavy atom. The summed E-state index contributed by atoms with van der Waals surface area (Å²) in [5.74, 6) is 0.00110. The summed E-state index contributed by atoms with van der Waals surface area (Å²) in [5, 5.41) is 2.89. The molecule has 2 aromatic rings. The Labute approximate surface area is 155 Å². The monoisotopic (exact) mass is 370 g/mol. The highest BCUT2D eigenvalue weighted by Gasteiger charge is 2.12. The number of carbonyl (C=O) groups is 1. The summed E-state index contributed by atoms with van der Waals surface area (Å²) in [6.45, 7) is 2.15. The molecule has 0 unspecified atom stereocenters. The fourth-order valence-corrected chi connectivity index (χ4v) is 2.15. The third-order valence-corrected chi connectivity index (χ3v) is 3.26. The molecule has 0 saturated carbocycles. The van der Waals surface area contributed by atoms with Gasteiger partial charge in [0, 0.05) is 31.2 Å². The van der Waals surface area contributed by atoms with Crippen LogP contribution in [0.15, 0.2) is 54.9 Å². The molecule has 0 aliphatic rings. The van der Waals surface area contributed by atoms with Crippen molar-refractivity contribution in [3.05, 3.63) is 60.4 Å². The van der Waals surface area contributed by atoms with Crippen LogP contribution in [0.1, 0.15) is 12.0 Å². The summed E-state index contributed by atoms with van der Waals surface area (Å²) in [6, 6.07) is 13.8. The average Bonchev–Trinajstić information content (AvgIpc) is 2.56. The van der Waals surface area contributed by atoms with E-state index in [0.29, 0.717) is 26.2 Å². The fourth-order valence-electron chi connectivity index (χ4n) is 2.15. The van der Waals surface area contributed by atoms with Gasteiger partial charge in [-0.2, -0.15) is 0 Å². The van der Waals surface area contributed by atoms with Gasteiger partial charge in [-0.1, -0.05) is 24.3 Å². The van der Waals surface area contributed by atoms with Crippen LogP contribution in [0.4, 0.5) is 5.69 Å². The standard InChI is InChI=1S/C17H22N4O.2ClH/c18-9-5-11-20-17(22)14-21(16-7-2-1-3-8-16)13-15-6-4-10-19-12-15;;/h1-4,6-8,10,12H,5,9,11,13-14,18H2,(H,20,22);2*1H. The van der Waals surface area contributed by atoms with E-state index in [9.17, 15) is 4.79 Å². The van der Waals surface area contributed by atoms with Crippen LogP contribution in [0, 0.1) is 0 Å². The SMILES string of the molecule is Cl.Cl.NCCCNC(=O)CN(Cc1cccnc1)c1ccccc1. The first-order chi connectivity index (χ1) is 10.8. The molecule has 0 aliphatic heterocycles. The molecule has 0 saturated heterocycles. The van der Waals surface area contributed by atoms with Crippen molar-refractivity contribution in [3.8, 4) is 0 Å². The molecule has 2 rings (SSSR count). The molecule has 0 aliphatic carbocycles. The van der Waals surface area contributed by atoms with Gasteiger partial charge in [-0.15, -0.1) is 24.8 Å². The number of nitrogens with one attached hydrogen (secondary N) is 1. The zero-order chi connectivity index (χ0) is 15.6. The van der Waals surface area contributed by atoms with Crippen molar-refractivity contribution in [3.63, 3.8) is 0 Å². The van der Waals surface area contributed by atoms with Gasteiger partial charge in [0.05, 0.1) is 6.54 Å². The molecule has 0 fully saturated rings. The molecule has 7 heteroatoms. The van der Waals surface area contributed by atoms with Gasteiger partial charge in [-0.25, -0.2) is 0 Å². The number of amides is 1. The highest BCUT2D eigenvalue weighted by molar-refractivity contribution is 5.85. The summed E-state index contributed by atoms with van der Waals surface area (Å²) in [4.78, 5) is 18.2. The lowest BCUT2D eigenvalue weighted by atomic mass is 10.2. The largest absolute Gasteiger partial charge is 0.358 e. The van der Waals surface area contributed by atoms with Gasteiger partial charge in [0.15, 0.2) is 0 Å². The van der Waals surface area contributed by atoms with Crippen LogP contribution in [-0.2, 0) is 11.3 Å². The molecular formula is C17H24Cl2N4O. The topological polar surface area (TPSA) is 71.2 Å². The first kappa shape index (κ1) is 22.2. The predicted molar refractivity (Wildman–Crippen MR) is 103 cm³/mol. The Morgan fingerprint density at radius 1 is 1.12 bits per heavy atom. The van der Waals surface area contributed by atoms with Gasteiger partial charge in [0.1, 0.15) is 0 Å². The van der Waals surface area contributed by atoms with Crippen LogP contribution in [0.25, 0.3) is 0 Å². The molecule has 0 radical (unpaired) electrons. The normalized spacial score (nSPS) is 9.38. The molecule has 0 bridgehead atoms. The van der Waals surface area contributed by atoms with Crippen LogP contribution >= 0.6 is 24.8 Å². The third-order valence-electron chi connectivity index (χ3n) is 3.26. The van der Waals surface area contributed by atoms with Crippen molar-refractivity contribution < 1.29 is 4.79 Å². The van der Waals surface area contributed by atoms with Crippen molar-refractivity contribution >= 4 is 36.4 Å². The first-order valence-corrected chi connectivity index (χ1v) is 7.45. The van der Waals surface area contributed by atoms with Crippen LogP contribution in [-0.4, -0.2) is 30.5 Å². The number of para-hydroxylation sites is 1. The summed E-state index contributed by atoms with van der Waals surface area (Å²) < 4.78 is 0. The number of nitrogens with two attached hydrogens (primary N) is 1. The summed E-state index contributed by atoms with van der Waals surface area (Å²) in [5.41, 5.74) is 7.53. The molecule has 3 N–H and O–H groups in total. The van der Waals surface area contributed by atoms with Crippen LogP contribution in [0.2, 0.25) is 0 Å². The van der Waals surface area contributed by atoms with Crippen molar-refractivity contribution in [2.45, 2.75) is 13.0 Å². The Bertz CT molecular complexity index is 569. The second-order valence-corrected chi connectivity index (χ2v) is 5.05. The van der Waals surface area contributed by atoms with Crippen LogP contribution in [0.5, 0.6) is 0 Å². The molecular weight excluding hydrogens is 347 g/mol. The minimum atomic E-state index is 0. The van der Waals surface area contributed by atoms with E-state index in [0.717, 1.165) is 17.7 Å². The molecule has 24 heavy (non-hydrogen) atoms. The number of nitrogens with zero attached hydrogens (tertiary/aromatic N) is 2. The van der Waals surface area contributed by atoms with Gasteiger partial charge in [-0.3, -0.25) is 9.78 Å². The number of hydrogen-bond acceptors (Lipinski definition) is 4. The Hall–Kier alpha value is -1.82. The van der Waals surface area contributed by atoms with E-state index in [-0.39, 0.29) is 30.7 Å². The maximum atomic E-state index is 12.1. The number of rotatable bonds is 8. The van der Waals surface area contributed by atoms with Crippen molar-refractivity contribution in [2.75, 3.05) is 24.5 Å². The maximum Gasteiger partial charge on any atom is 0.239 e.